The topological polar surface area (TPSA) is 146 Å². The molecule has 0 atom stereocenters. The number of fused-ring (bicyclic) bond motifs is 1. The monoisotopic (exact) mass is 545 g/mol. The number of benzene rings is 2. The minimum absolute atomic E-state index is 0.00104. The first-order chi connectivity index (χ1) is 17.7. The molecular weight excluding hydrogens is 517 g/mol. The summed E-state index contributed by atoms with van der Waals surface area (Å²) in [5.74, 6) is -2.79. The maximum atomic E-state index is 13.5. The summed E-state index contributed by atoms with van der Waals surface area (Å²) in [6.45, 7) is 1.92. The molecule has 12 heteroatoms. The van der Waals surface area contributed by atoms with Crippen LogP contribution >= 0.6 is 0 Å². The third-order valence-corrected chi connectivity index (χ3v) is 7.48. The molecule has 0 bridgehead atoms. The first kappa shape index (κ1) is 27.1. The van der Waals surface area contributed by atoms with E-state index in [1.165, 1.54) is 51.2 Å². The summed E-state index contributed by atoms with van der Waals surface area (Å²) >= 11 is 0. The Balaban J connectivity index is 1.88. The fraction of sp³-hybridized carbons (Fsp3) is 0.346. The summed E-state index contributed by atoms with van der Waals surface area (Å²) in [6, 6.07) is 8.58. The number of carbonyl (C=O) groups excluding carboxylic acids is 2. The summed E-state index contributed by atoms with van der Waals surface area (Å²) in [5.41, 5.74) is 0.0675. The summed E-state index contributed by atoms with van der Waals surface area (Å²) in [7, 11) is -2.54. The maximum absolute atomic E-state index is 13.5. The lowest BCUT2D eigenvalue weighted by Gasteiger charge is -2.27. The van der Waals surface area contributed by atoms with Crippen LogP contribution in [0.25, 0.3) is 22.3 Å². The highest BCUT2D eigenvalue weighted by molar-refractivity contribution is 7.92. The van der Waals surface area contributed by atoms with Crippen LogP contribution in [-0.2, 0) is 19.6 Å². The van der Waals surface area contributed by atoms with Crippen molar-refractivity contribution in [3.8, 4) is 11.3 Å². The van der Waals surface area contributed by atoms with Crippen LogP contribution in [0.5, 0.6) is 0 Å². The molecule has 1 aromatic heterocycles. The lowest BCUT2D eigenvalue weighted by atomic mass is 10.0. The van der Waals surface area contributed by atoms with Crippen molar-refractivity contribution in [2.45, 2.75) is 38.1 Å². The number of carbonyl (C=O) groups is 3. The van der Waals surface area contributed by atoms with Crippen molar-refractivity contribution in [1.29, 1.82) is 0 Å². The first-order valence-corrected chi connectivity index (χ1v) is 13.7. The summed E-state index contributed by atoms with van der Waals surface area (Å²) in [4.78, 5) is 37.1. The third-order valence-electron chi connectivity index (χ3n) is 6.36. The number of nitrogens with one attached hydrogen (secondary N) is 2. The Kier molecular flexibility index (Phi) is 6.96. The number of anilines is 1. The van der Waals surface area contributed by atoms with Gasteiger partial charge in [0.1, 0.15) is 29.2 Å². The fourth-order valence-electron chi connectivity index (χ4n) is 4.19. The van der Waals surface area contributed by atoms with Gasteiger partial charge >= 0.3 is 5.97 Å². The van der Waals surface area contributed by atoms with Crippen LogP contribution < -0.4 is 14.9 Å². The smallest absolute Gasteiger partial charge is 0.328 e. The predicted molar refractivity (Wildman–Crippen MR) is 139 cm³/mol. The molecule has 3 N–H and O–H groups in total. The third kappa shape index (κ3) is 5.35. The van der Waals surface area contributed by atoms with Gasteiger partial charge in [0.05, 0.1) is 17.5 Å². The van der Waals surface area contributed by atoms with E-state index in [1.54, 1.807) is 6.07 Å². The molecule has 1 aliphatic carbocycles. The molecule has 0 radical (unpaired) electrons. The molecule has 0 spiro atoms. The highest BCUT2D eigenvalue weighted by Gasteiger charge is 2.35. The molecular formula is C26H28FN3O7S. The highest BCUT2D eigenvalue weighted by Crippen LogP contribution is 2.48. The molecule has 2 aromatic carbocycles. The molecule has 1 aliphatic rings. The van der Waals surface area contributed by atoms with Gasteiger partial charge in [0.15, 0.2) is 0 Å². The van der Waals surface area contributed by atoms with Crippen molar-refractivity contribution in [2.75, 3.05) is 24.2 Å². The second kappa shape index (κ2) is 9.75. The lowest BCUT2D eigenvalue weighted by Crippen LogP contribution is -2.53. The van der Waals surface area contributed by atoms with Crippen molar-refractivity contribution in [1.82, 2.24) is 10.6 Å². The number of furan rings is 1. The highest BCUT2D eigenvalue weighted by atomic mass is 32.2. The second-order valence-electron chi connectivity index (χ2n) is 9.82. The quantitative estimate of drug-likeness (QED) is 0.374. The fourth-order valence-corrected chi connectivity index (χ4v) is 5.06. The van der Waals surface area contributed by atoms with Gasteiger partial charge in [-0.05, 0) is 68.5 Å². The number of hydrogen-bond acceptors (Lipinski definition) is 6. The number of rotatable bonds is 9. The molecule has 4 rings (SSSR count). The zero-order chi connectivity index (χ0) is 28.0. The Morgan fingerprint density at radius 2 is 1.79 bits per heavy atom. The molecule has 0 unspecified atom stereocenters. The Labute approximate surface area is 218 Å². The molecule has 10 nitrogen and oxygen atoms in total. The van der Waals surface area contributed by atoms with Crippen LogP contribution in [0.3, 0.4) is 0 Å². The zero-order valence-electron chi connectivity index (χ0n) is 21.3. The van der Waals surface area contributed by atoms with Gasteiger partial charge in [0, 0.05) is 24.1 Å². The number of amides is 2. The standard InChI is InChI=1S/C26H28FN3O7S/c1-26(2,25(33)34)29-21(31)13-30(38(4,35)36)19-12-20-18(11-17(19)14-5-6-14)22(24(32)28-3)23(37-20)15-7-9-16(27)10-8-15/h7-12,14H,5-6,13H2,1-4H3,(H,28,32)(H,29,31)(H,33,34). The molecule has 3 aromatic rings. The minimum atomic E-state index is -4.00. The number of sulfonamides is 1. The number of nitrogens with zero attached hydrogens (tertiary/aromatic N) is 1. The van der Waals surface area contributed by atoms with Crippen LogP contribution in [0.4, 0.5) is 10.1 Å². The molecule has 38 heavy (non-hydrogen) atoms. The predicted octanol–water partition coefficient (Wildman–Crippen LogP) is 3.22. The second-order valence-corrected chi connectivity index (χ2v) is 11.7. The Morgan fingerprint density at radius 1 is 1.16 bits per heavy atom. The van der Waals surface area contributed by atoms with Crippen molar-refractivity contribution in [2.24, 2.45) is 0 Å². The molecule has 0 aliphatic heterocycles. The van der Waals surface area contributed by atoms with Gasteiger partial charge < -0.3 is 20.2 Å². The normalized spacial score (nSPS) is 13.8. The summed E-state index contributed by atoms with van der Waals surface area (Å²) < 4.78 is 46.3. The average molecular weight is 546 g/mol. The zero-order valence-corrected chi connectivity index (χ0v) is 22.1. The van der Waals surface area contributed by atoms with Crippen LogP contribution in [0.2, 0.25) is 0 Å². The Bertz CT molecular complexity index is 1540. The summed E-state index contributed by atoms with van der Waals surface area (Å²) in [6.07, 6.45) is 2.52. The van der Waals surface area contributed by atoms with Crippen LogP contribution in [0.15, 0.2) is 40.8 Å². The molecule has 202 valence electrons. The number of hydrogen-bond donors (Lipinski definition) is 3. The van der Waals surface area contributed by atoms with E-state index in [-0.39, 0.29) is 28.5 Å². The van der Waals surface area contributed by atoms with Gasteiger partial charge in [0.2, 0.25) is 15.9 Å². The van der Waals surface area contributed by atoms with E-state index in [2.05, 4.69) is 10.6 Å². The van der Waals surface area contributed by atoms with E-state index in [1.807, 2.05) is 0 Å². The number of aliphatic carboxylic acids is 1. The van der Waals surface area contributed by atoms with Crippen LogP contribution in [0, 0.1) is 5.82 Å². The molecule has 1 heterocycles. The molecule has 0 saturated heterocycles. The van der Waals surface area contributed by atoms with Crippen molar-refractivity contribution < 1.29 is 36.7 Å². The van der Waals surface area contributed by atoms with E-state index in [9.17, 15) is 32.3 Å². The molecule has 1 fully saturated rings. The van der Waals surface area contributed by atoms with Crippen LogP contribution in [-0.4, -0.2) is 56.7 Å². The summed E-state index contributed by atoms with van der Waals surface area (Å²) in [5, 5.41) is 14.7. The van der Waals surface area contributed by atoms with Gasteiger partial charge in [-0.25, -0.2) is 17.6 Å². The minimum Gasteiger partial charge on any atom is -0.480 e. The lowest BCUT2D eigenvalue weighted by molar-refractivity contribution is -0.145. The largest absolute Gasteiger partial charge is 0.480 e. The van der Waals surface area contributed by atoms with E-state index >= 15 is 0 Å². The van der Waals surface area contributed by atoms with Gasteiger partial charge in [-0.15, -0.1) is 0 Å². The maximum Gasteiger partial charge on any atom is 0.328 e. The molecule has 2 amide bonds. The SMILES string of the molecule is CNC(=O)c1c(-c2ccc(F)cc2)oc2cc(N(CC(=O)NC(C)(C)C(=O)O)S(C)(=O)=O)c(C3CC3)cc12. The van der Waals surface area contributed by atoms with Gasteiger partial charge in [-0.2, -0.15) is 0 Å². The van der Waals surface area contributed by atoms with Gasteiger partial charge in [0.25, 0.3) is 5.91 Å². The first-order valence-electron chi connectivity index (χ1n) is 11.8. The van der Waals surface area contributed by atoms with Crippen molar-refractivity contribution >= 4 is 44.5 Å². The Morgan fingerprint density at radius 3 is 2.32 bits per heavy atom. The van der Waals surface area contributed by atoms with Crippen molar-refractivity contribution in [3.63, 3.8) is 0 Å². The number of carboxylic acid groups (broad SMARTS) is 1. The van der Waals surface area contributed by atoms with E-state index in [0.29, 0.717) is 16.5 Å². The average Bonchev–Trinajstić information content (AvgIpc) is 3.61. The number of halogens is 1. The van der Waals surface area contributed by atoms with E-state index in [4.69, 9.17) is 4.42 Å². The van der Waals surface area contributed by atoms with Gasteiger partial charge in [-0.3, -0.25) is 13.9 Å². The Hall–Kier alpha value is -3.93. The van der Waals surface area contributed by atoms with Crippen molar-refractivity contribution in [3.05, 3.63) is 53.3 Å². The van der Waals surface area contributed by atoms with E-state index in [0.717, 1.165) is 23.4 Å². The molecule has 1 saturated carbocycles. The number of carboxylic acids is 1. The van der Waals surface area contributed by atoms with Gasteiger partial charge in [-0.1, -0.05) is 0 Å². The van der Waals surface area contributed by atoms with E-state index < -0.39 is 45.7 Å². The van der Waals surface area contributed by atoms with Crippen LogP contribution in [0.1, 0.15) is 48.5 Å².